The van der Waals surface area contributed by atoms with E-state index in [1.165, 1.54) is 9.80 Å². The van der Waals surface area contributed by atoms with E-state index in [-0.39, 0.29) is 23.6 Å². The molecule has 6 rings (SSSR count). The molecule has 0 bridgehead atoms. The Bertz CT molecular complexity index is 1680. The minimum absolute atomic E-state index is 0.232. The van der Waals surface area contributed by atoms with Gasteiger partial charge in [0.2, 0.25) is 0 Å². The van der Waals surface area contributed by atoms with E-state index in [0.717, 1.165) is 54.5 Å². The third-order valence-electron chi connectivity index (χ3n) is 9.00. The van der Waals surface area contributed by atoms with E-state index in [1.54, 1.807) is 12.1 Å². The highest BCUT2D eigenvalue weighted by atomic mass is 16.2. The summed E-state index contributed by atoms with van der Waals surface area (Å²) in [7, 11) is 3.91. The van der Waals surface area contributed by atoms with Crippen molar-refractivity contribution < 1.29 is 19.2 Å². The molecule has 3 aliphatic rings. The molecule has 3 aromatic rings. The number of nitrogens with zero attached hydrogens (tertiary/aromatic N) is 4. The number of carbonyl (C=O) groups excluding carboxylic acids is 4. The monoisotopic (exact) mass is 605 g/mol. The molecule has 0 saturated carbocycles. The van der Waals surface area contributed by atoms with Crippen molar-refractivity contribution in [3.63, 3.8) is 0 Å². The molecule has 232 valence electrons. The number of benzene rings is 3. The molecule has 0 spiro atoms. The second kappa shape index (κ2) is 13.3. The van der Waals surface area contributed by atoms with Gasteiger partial charge in [-0.2, -0.15) is 0 Å². The largest absolute Gasteiger partial charge is 0.318 e. The summed E-state index contributed by atoms with van der Waals surface area (Å²) in [5.74, 6) is -0.954. The Morgan fingerprint density at radius 2 is 1.38 bits per heavy atom. The molecule has 0 aromatic heterocycles. The van der Waals surface area contributed by atoms with Crippen LogP contribution in [0, 0.1) is 0 Å². The van der Waals surface area contributed by atoms with Gasteiger partial charge in [-0.25, -0.2) is 0 Å². The van der Waals surface area contributed by atoms with Crippen LogP contribution in [0.1, 0.15) is 48.6 Å². The smallest absolute Gasteiger partial charge is 0.261 e. The van der Waals surface area contributed by atoms with Crippen LogP contribution in [0.2, 0.25) is 0 Å². The van der Waals surface area contributed by atoms with Crippen molar-refractivity contribution in [3.05, 3.63) is 101 Å². The number of likely N-dealkylation sites (N-methyl/N-ethyl adjacent to an activating group) is 2. The van der Waals surface area contributed by atoms with Crippen LogP contribution in [0.5, 0.6) is 0 Å². The fraction of sp³-hybridized carbons (Fsp3) is 0.333. The van der Waals surface area contributed by atoms with Crippen LogP contribution < -0.4 is 5.32 Å². The Kier molecular flexibility index (Phi) is 9.02. The predicted octanol–water partition coefficient (Wildman–Crippen LogP) is 3.46. The number of allylic oxidation sites excluding steroid dienone is 3. The third kappa shape index (κ3) is 5.99. The average Bonchev–Trinajstić information content (AvgIpc) is 3.28. The highest BCUT2D eigenvalue weighted by Gasteiger charge is 2.36. The van der Waals surface area contributed by atoms with Crippen LogP contribution in [0.4, 0.5) is 0 Å². The van der Waals surface area contributed by atoms with Gasteiger partial charge in [0.05, 0.1) is 0 Å². The molecule has 45 heavy (non-hydrogen) atoms. The van der Waals surface area contributed by atoms with Crippen molar-refractivity contribution in [2.24, 2.45) is 0 Å². The zero-order valence-corrected chi connectivity index (χ0v) is 25.9. The van der Waals surface area contributed by atoms with Crippen molar-refractivity contribution in [2.75, 3.05) is 66.5 Å². The molecule has 0 saturated heterocycles. The molecule has 2 aliphatic heterocycles. The number of hydrogen-bond acceptors (Lipinski definition) is 7. The van der Waals surface area contributed by atoms with Crippen molar-refractivity contribution in [1.29, 1.82) is 0 Å². The third-order valence-corrected chi connectivity index (χ3v) is 9.00. The van der Waals surface area contributed by atoms with Gasteiger partial charge in [0, 0.05) is 72.5 Å². The summed E-state index contributed by atoms with van der Waals surface area (Å²) >= 11 is 0. The second-order valence-electron chi connectivity index (χ2n) is 11.9. The number of nitrogens with one attached hydrogen (secondary N) is 1. The molecular formula is C36H39N5O4. The van der Waals surface area contributed by atoms with Gasteiger partial charge < -0.3 is 15.1 Å². The first-order valence-corrected chi connectivity index (χ1v) is 15.7. The van der Waals surface area contributed by atoms with Crippen LogP contribution >= 0.6 is 0 Å². The maximum absolute atomic E-state index is 13.5. The fourth-order valence-corrected chi connectivity index (χ4v) is 6.55. The lowest BCUT2D eigenvalue weighted by Gasteiger charge is -2.32. The summed E-state index contributed by atoms with van der Waals surface area (Å²) in [6.45, 7) is 4.89. The van der Waals surface area contributed by atoms with E-state index >= 15 is 0 Å². The molecule has 1 aliphatic carbocycles. The van der Waals surface area contributed by atoms with Gasteiger partial charge in [0.25, 0.3) is 23.6 Å². The molecule has 9 nitrogen and oxygen atoms in total. The molecule has 4 amide bonds. The van der Waals surface area contributed by atoms with Crippen LogP contribution in [0.3, 0.4) is 0 Å². The number of imide groups is 2. The maximum Gasteiger partial charge on any atom is 0.261 e. The lowest BCUT2D eigenvalue weighted by Crippen LogP contribution is -2.47. The Morgan fingerprint density at radius 3 is 2.11 bits per heavy atom. The van der Waals surface area contributed by atoms with E-state index in [0.29, 0.717) is 54.9 Å². The molecule has 2 heterocycles. The van der Waals surface area contributed by atoms with Gasteiger partial charge in [-0.1, -0.05) is 48.6 Å². The summed E-state index contributed by atoms with van der Waals surface area (Å²) in [6.07, 6.45) is 7.30. The van der Waals surface area contributed by atoms with Crippen LogP contribution in [-0.4, -0.2) is 110 Å². The molecule has 3 aromatic carbocycles. The Labute approximate surface area is 263 Å². The first-order valence-electron chi connectivity index (χ1n) is 15.7. The topological polar surface area (TPSA) is 93.3 Å². The molecule has 0 unspecified atom stereocenters. The van der Waals surface area contributed by atoms with Crippen LogP contribution in [0.15, 0.2) is 72.8 Å². The molecule has 9 heteroatoms. The molecule has 1 N–H and O–H groups in total. The lowest BCUT2D eigenvalue weighted by atomic mass is 9.89. The van der Waals surface area contributed by atoms with Gasteiger partial charge in [-0.3, -0.25) is 29.0 Å². The molecule has 0 atom stereocenters. The summed E-state index contributed by atoms with van der Waals surface area (Å²) in [4.78, 5) is 60.6. The van der Waals surface area contributed by atoms with Gasteiger partial charge in [-0.05, 0) is 75.3 Å². The minimum atomic E-state index is -0.243. The highest BCUT2D eigenvalue weighted by molar-refractivity contribution is 6.31. The predicted molar refractivity (Wildman–Crippen MR) is 175 cm³/mol. The zero-order valence-electron chi connectivity index (χ0n) is 25.9. The van der Waals surface area contributed by atoms with Gasteiger partial charge in [-0.15, -0.1) is 0 Å². The summed E-state index contributed by atoms with van der Waals surface area (Å²) < 4.78 is 0. The van der Waals surface area contributed by atoms with E-state index < -0.39 is 0 Å². The average molecular weight is 606 g/mol. The van der Waals surface area contributed by atoms with E-state index in [4.69, 9.17) is 0 Å². The summed E-state index contributed by atoms with van der Waals surface area (Å²) in [5, 5.41) is 4.84. The standard InChI is InChI=1S/C36H39N5O4/c1-37-17-20-39(22-24-41-33(42)27-13-4-3-9-25-10-5-14-28(31(25)27)36(41)45)19-8-18-38(2)21-23-40-34(43)29-15-6-11-26-12-7-16-30(32(26)29)35(40)44/h3-7,10-16,37H,8-9,17-24H2,1-2H3. The lowest BCUT2D eigenvalue weighted by molar-refractivity contribution is -0.123. The van der Waals surface area contributed by atoms with E-state index in [1.807, 2.05) is 74.8 Å². The summed E-state index contributed by atoms with van der Waals surface area (Å²) in [5.41, 5.74) is 4.11. The first-order chi connectivity index (χ1) is 21.9. The van der Waals surface area contributed by atoms with Crippen LogP contribution in [-0.2, 0) is 11.2 Å². The Hall–Kier alpha value is -4.44. The van der Waals surface area contributed by atoms with Crippen molar-refractivity contribution in [3.8, 4) is 0 Å². The maximum atomic E-state index is 13.5. The molecule has 0 radical (unpaired) electrons. The fourth-order valence-electron chi connectivity index (χ4n) is 6.55. The highest BCUT2D eigenvalue weighted by Crippen LogP contribution is 2.33. The number of rotatable bonds is 13. The Balaban J connectivity index is 1.03. The zero-order chi connectivity index (χ0) is 31.5. The molecule has 0 fully saturated rings. The van der Waals surface area contributed by atoms with Crippen molar-refractivity contribution >= 4 is 40.0 Å². The normalized spacial score (nSPS) is 15.8. The summed E-state index contributed by atoms with van der Waals surface area (Å²) in [6, 6.07) is 16.8. The van der Waals surface area contributed by atoms with Gasteiger partial charge in [0.15, 0.2) is 0 Å². The van der Waals surface area contributed by atoms with Gasteiger partial charge >= 0.3 is 0 Å². The molecular weight excluding hydrogens is 566 g/mol. The minimum Gasteiger partial charge on any atom is -0.318 e. The van der Waals surface area contributed by atoms with Crippen molar-refractivity contribution in [2.45, 2.75) is 12.8 Å². The van der Waals surface area contributed by atoms with Crippen molar-refractivity contribution in [1.82, 2.24) is 24.9 Å². The van der Waals surface area contributed by atoms with E-state index in [9.17, 15) is 19.2 Å². The van der Waals surface area contributed by atoms with Crippen LogP contribution in [0.25, 0.3) is 16.3 Å². The number of carbonyl (C=O) groups is 4. The quantitative estimate of drug-likeness (QED) is 0.299. The number of hydrogen-bond donors (Lipinski definition) is 1. The van der Waals surface area contributed by atoms with Gasteiger partial charge in [0.1, 0.15) is 0 Å². The first kappa shape index (κ1) is 30.6. The Morgan fingerprint density at radius 1 is 0.733 bits per heavy atom. The SMILES string of the molecule is CNCCN(CCCN(C)CCN1C(=O)c2cccc3cccc(c23)C1=O)CCN1C(=O)C2=CC=CCc3cccc(c32)C1=O. The second-order valence-corrected chi connectivity index (χ2v) is 11.9. The van der Waals surface area contributed by atoms with E-state index in [2.05, 4.69) is 15.1 Å². The number of amides is 4.